The maximum absolute atomic E-state index is 11.3. The summed E-state index contributed by atoms with van der Waals surface area (Å²) in [7, 11) is 0. The minimum Gasteiger partial charge on any atom is -0.328 e. The van der Waals surface area contributed by atoms with Crippen LogP contribution in [0.25, 0.3) is 0 Å². The SMILES string of the molecule is CC(N)CCC(=O)Nc1cncnc1. The minimum absolute atomic E-state index is 0.0489. The minimum atomic E-state index is -0.0582. The van der Waals surface area contributed by atoms with Crippen LogP contribution in [0.15, 0.2) is 18.7 Å². The van der Waals surface area contributed by atoms with Gasteiger partial charge in [-0.1, -0.05) is 0 Å². The highest BCUT2D eigenvalue weighted by Gasteiger charge is 2.03. The highest BCUT2D eigenvalue weighted by Crippen LogP contribution is 2.02. The fourth-order valence-electron chi connectivity index (χ4n) is 0.946. The number of anilines is 1. The van der Waals surface area contributed by atoms with Crippen LogP contribution < -0.4 is 11.1 Å². The van der Waals surface area contributed by atoms with Crippen LogP contribution in [-0.4, -0.2) is 21.9 Å². The first-order chi connectivity index (χ1) is 6.68. The van der Waals surface area contributed by atoms with Crippen LogP contribution in [0, 0.1) is 0 Å². The molecule has 1 aromatic heterocycles. The van der Waals surface area contributed by atoms with Crippen molar-refractivity contribution >= 4 is 11.6 Å². The zero-order valence-electron chi connectivity index (χ0n) is 8.10. The lowest BCUT2D eigenvalue weighted by Gasteiger charge is -2.05. The van der Waals surface area contributed by atoms with E-state index >= 15 is 0 Å². The lowest BCUT2D eigenvalue weighted by molar-refractivity contribution is -0.116. The Labute approximate surface area is 82.7 Å². The van der Waals surface area contributed by atoms with Gasteiger partial charge in [0.25, 0.3) is 0 Å². The molecule has 1 aromatic rings. The summed E-state index contributed by atoms with van der Waals surface area (Å²) in [5, 5.41) is 2.68. The summed E-state index contributed by atoms with van der Waals surface area (Å²) < 4.78 is 0. The van der Waals surface area contributed by atoms with E-state index in [-0.39, 0.29) is 11.9 Å². The van der Waals surface area contributed by atoms with Gasteiger partial charge >= 0.3 is 0 Å². The van der Waals surface area contributed by atoms with E-state index in [2.05, 4.69) is 15.3 Å². The molecule has 0 aromatic carbocycles. The first-order valence-corrected chi connectivity index (χ1v) is 4.49. The zero-order chi connectivity index (χ0) is 10.4. The molecule has 0 aliphatic carbocycles. The molecule has 1 amide bonds. The van der Waals surface area contributed by atoms with Gasteiger partial charge in [0.15, 0.2) is 0 Å². The summed E-state index contributed by atoms with van der Waals surface area (Å²) in [5.41, 5.74) is 6.14. The first kappa shape index (κ1) is 10.6. The van der Waals surface area contributed by atoms with Crippen LogP contribution >= 0.6 is 0 Å². The second-order valence-corrected chi connectivity index (χ2v) is 3.19. The molecule has 0 bridgehead atoms. The Morgan fingerprint density at radius 1 is 1.57 bits per heavy atom. The van der Waals surface area contributed by atoms with Crippen LogP contribution in [0.5, 0.6) is 0 Å². The summed E-state index contributed by atoms with van der Waals surface area (Å²) in [6.45, 7) is 1.87. The molecule has 3 N–H and O–H groups in total. The zero-order valence-corrected chi connectivity index (χ0v) is 8.10. The topological polar surface area (TPSA) is 80.9 Å². The highest BCUT2D eigenvalue weighted by atomic mass is 16.1. The number of carbonyl (C=O) groups excluding carboxylic acids is 1. The van der Waals surface area contributed by atoms with Gasteiger partial charge < -0.3 is 11.1 Å². The van der Waals surface area contributed by atoms with Gasteiger partial charge in [0.1, 0.15) is 6.33 Å². The molecule has 1 rings (SSSR count). The number of amides is 1. The second-order valence-electron chi connectivity index (χ2n) is 3.19. The lowest BCUT2D eigenvalue weighted by Crippen LogP contribution is -2.19. The van der Waals surface area contributed by atoms with Gasteiger partial charge in [0.2, 0.25) is 5.91 Å². The molecule has 5 nitrogen and oxygen atoms in total. The third kappa shape index (κ3) is 3.95. The summed E-state index contributed by atoms with van der Waals surface area (Å²) >= 11 is 0. The van der Waals surface area contributed by atoms with E-state index in [1.165, 1.54) is 6.33 Å². The number of hydrogen-bond acceptors (Lipinski definition) is 4. The second kappa shape index (κ2) is 5.29. The van der Waals surface area contributed by atoms with Gasteiger partial charge in [-0.2, -0.15) is 0 Å². The van der Waals surface area contributed by atoms with Gasteiger partial charge in [0.05, 0.1) is 18.1 Å². The molecule has 0 saturated carbocycles. The van der Waals surface area contributed by atoms with Gasteiger partial charge in [-0.15, -0.1) is 0 Å². The smallest absolute Gasteiger partial charge is 0.224 e. The van der Waals surface area contributed by atoms with E-state index in [1.807, 2.05) is 6.92 Å². The Balaban J connectivity index is 2.35. The molecular formula is C9H14N4O. The summed E-state index contributed by atoms with van der Waals surface area (Å²) in [6.07, 6.45) is 5.62. The number of aromatic nitrogens is 2. The number of nitrogens with one attached hydrogen (secondary N) is 1. The van der Waals surface area contributed by atoms with Crippen molar-refractivity contribution in [1.29, 1.82) is 0 Å². The monoisotopic (exact) mass is 194 g/mol. The van der Waals surface area contributed by atoms with Crippen molar-refractivity contribution in [1.82, 2.24) is 9.97 Å². The van der Waals surface area contributed by atoms with Crippen molar-refractivity contribution < 1.29 is 4.79 Å². The number of carbonyl (C=O) groups is 1. The quantitative estimate of drug-likeness (QED) is 0.733. The average Bonchev–Trinajstić information content (AvgIpc) is 2.16. The number of nitrogens with two attached hydrogens (primary N) is 1. The molecule has 0 saturated heterocycles. The molecule has 0 radical (unpaired) electrons. The van der Waals surface area contributed by atoms with Crippen LogP contribution in [-0.2, 0) is 4.79 Å². The fourth-order valence-corrected chi connectivity index (χ4v) is 0.946. The van der Waals surface area contributed by atoms with Gasteiger partial charge in [0, 0.05) is 12.5 Å². The van der Waals surface area contributed by atoms with Gasteiger partial charge in [-0.3, -0.25) is 4.79 Å². The standard InChI is InChI=1S/C9H14N4O/c1-7(10)2-3-9(14)13-8-4-11-6-12-5-8/h4-7H,2-3,10H2,1H3,(H,13,14). The third-order valence-corrected chi connectivity index (χ3v) is 1.67. The molecule has 1 unspecified atom stereocenters. The molecule has 0 aliphatic rings. The van der Waals surface area contributed by atoms with Crippen molar-refractivity contribution in [3.63, 3.8) is 0 Å². The van der Waals surface area contributed by atoms with Gasteiger partial charge in [-0.05, 0) is 13.3 Å². The van der Waals surface area contributed by atoms with E-state index in [1.54, 1.807) is 12.4 Å². The van der Waals surface area contributed by atoms with E-state index in [0.29, 0.717) is 18.5 Å². The van der Waals surface area contributed by atoms with Crippen LogP contribution in [0.1, 0.15) is 19.8 Å². The molecule has 1 atom stereocenters. The van der Waals surface area contributed by atoms with Crippen molar-refractivity contribution in [2.75, 3.05) is 5.32 Å². The fraction of sp³-hybridized carbons (Fsp3) is 0.444. The normalized spacial score (nSPS) is 12.1. The predicted octanol–water partition coefficient (Wildman–Crippen LogP) is 0.542. The Hall–Kier alpha value is -1.49. The van der Waals surface area contributed by atoms with E-state index in [0.717, 1.165) is 0 Å². The molecule has 76 valence electrons. The van der Waals surface area contributed by atoms with Crippen LogP contribution in [0.2, 0.25) is 0 Å². The predicted molar refractivity (Wildman–Crippen MR) is 53.5 cm³/mol. The number of rotatable bonds is 4. The summed E-state index contributed by atoms with van der Waals surface area (Å²) in [5.74, 6) is -0.0582. The number of nitrogens with zero attached hydrogens (tertiary/aromatic N) is 2. The molecular weight excluding hydrogens is 180 g/mol. The Bertz CT molecular complexity index is 286. The molecule has 0 spiro atoms. The van der Waals surface area contributed by atoms with Crippen LogP contribution in [0.4, 0.5) is 5.69 Å². The van der Waals surface area contributed by atoms with Crippen LogP contribution in [0.3, 0.4) is 0 Å². The van der Waals surface area contributed by atoms with E-state index < -0.39 is 0 Å². The lowest BCUT2D eigenvalue weighted by atomic mass is 10.2. The van der Waals surface area contributed by atoms with Crippen molar-refractivity contribution in [3.05, 3.63) is 18.7 Å². The maximum Gasteiger partial charge on any atom is 0.224 e. The van der Waals surface area contributed by atoms with Crippen molar-refractivity contribution in [2.24, 2.45) is 5.73 Å². The first-order valence-electron chi connectivity index (χ1n) is 4.49. The maximum atomic E-state index is 11.3. The Kier molecular flexibility index (Phi) is 4.00. The van der Waals surface area contributed by atoms with E-state index in [9.17, 15) is 4.79 Å². The van der Waals surface area contributed by atoms with Gasteiger partial charge in [-0.25, -0.2) is 9.97 Å². The van der Waals surface area contributed by atoms with Crippen molar-refractivity contribution in [3.8, 4) is 0 Å². The summed E-state index contributed by atoms with van der Waals surface area (Å²) in [6, 6.07) is 0.0489. The molecule has 0 aliphatic heterocycles. The summed E-state index contributed by atoms with van der Waals surface area (Å²) in [4.78, 5) is 18.9. The number of hydrogen-bond donors (Lipinski definition) is 2. The third-order valence-electron chi connectivity index (χ3n) is 1.67. The highest BCUT2D eigenvalue weighted by molar-refractivity contribution is 5.90. The Morgan fingerprint density at radius 2 is 2.21 bits per heavy atom. The molecule has 0 fully saturated rings. The molecule has 1 heterocycles. The van der Waals surface area contributed by atoms with Crippen molar-refractivity contribution in [2.45, 2.75) is 25.8 Å². The largest absolute Gasteiger partial charge is 0.328 e. The molecule has 14 heavy (non-hydrogen) atoms. The molecule has 5 heteroatoms. The average molecular weight is 194 g/mol. The Morgan fingerprint density at radius 3 is 2.79 bits per heavy atom. The van der Waals surface area contributed by atoms with E-state index in [4.69, 9.17) is 5.73 Å².